The molecule has 0 saturated carbocycles. The van der Waals surface area contributed by atoms with Gasteiger partial charge < -0.3 is 15.2 Å². The largest absolute Gasteiger partial charge is 0.496 e. The van der Waals surface area contributed by atoms with E-state index in [0.29, 0.717) is 6.54 Å². The zero-order valence-corrected chi connectivity index (χ0v) is 12.3. The van der Waals surface area contributed by atoms with E-state index < -0.39 is 6.10 Å². The maximum absolute atomic E-state index is 10.3. The first-order valence-electron chi connectivity index (χ1n) is 6.33. The minimum absolute atomic E-state index is 0.00600. The number of β-amino-alcohol motifs (C(OH)–C–C–N with tert-alkyl or cyclic N) is 1. The van der Waals surface area contributed by atoms with Crippen molar-refractivity contribution in [2.24, 2.45) is 0 Å². The first kappa shape index (κ1) is 15.0. The highest BCUT2D eigenvalue weighted by Crippen LogP contribution is 2.30. The SMILES string of the molecule is COc1c(C(O)CNC(C)(C)C)ccc(C)c1C. The van der Waals surface area contributed by atoms with Crippen molar-refractivity contribution >= 4 is 0 Å². The number of benzene rings is 1. The lowest BCUT2D eigenvalue weighted by Gasteiger charge is -2.24. The highest BCUT2D eigenvalue weighted by molar-refractivity contribution is 5.46. The molecule has 1 aromatic carbocycles. The van der Waals surface area contributed by atoms with Gasteiger partial charge in [0.2, 0.25) is 0 Å². The van der Waals surface area contributed by atoms with Gasteiger partial charge in [0.15, 0.2) is 0 Å². The van der Waals surface area contributed by atoms with Gasteiger partial charge in [-0.05, 0) is 45.7 Å². The van der Waals surface area contributed by atoms with Gasteiger partial charge in [0.25, 0.3) is 0 Å². The van der Waals surface area contributed by atoms with E-state index >= 15 is 0 Å². The average Bonchev–Trinajstić information content (AvgIpc) is 2.28. The third kappa shape index (κ3) is 3.72. The van der Waals surface area contributed by atoms with E-state index in [1.165, 1.54) is 5.56 Å². The maximum Gasteiger partial charge on any atom is 0.127 e. The third-order valence-electron chi connectivity index (χ3n) is 3.10. The molecule has 1 rings (SSSR count). The number of aliphatic hydroxyl groups is 1. The summed E-state index contributed by atoms with van der Waals surface area (Å²) in [6, 6.07) is 3.96. The molecule has 3 heteroatoms. The Bertz CT molecular complexity index is 408. The van der Waals surface area contributed by atoms with E-state index in [4.69, 9.17) is 4.74 Å². The Morgan fingerprint density at radius 1 is 1.28 bits per heavy atom. The second-order valence-corrected chi connectivity index (χ2v) is 5.78. The van der Waals surface area contributed by atoms with Gasteiger partial charge in [-0.3, -0.25) is 0 Å². The monoisotopic (exact) mass is 251 g/mol. The molecule has 0 spiro atoms. The van der Waals surface area contributed by atoms with Gasteiger partial charge in [0.05, 0.1) is 13.2 Å². The number of aliphatic hydroxyl groups excluding tert-OH is 1. The lowest BCUT2D eigenvalue weighted by molar-refractivity contribution is 0.159. The van der Waals surface area contributed by atoms with Crippen LogP contribution < -0.4 is 10.1 Å². The Kier molecular flexibility index (Phi) is 4.77. The molecule has 0 bridgehead atoms. The lowest BCUT2D eigenvalue weighted by atomic mass is 10.00. The van der Waals surface area contributed by atoms with Crippen LogP contribution in [0.2, 0.25) is 0 Å². The third-order valence-corrected chi connectivity index (χ3v) is 3.10. The summed E-state index contributed by atoms with van der Waals surface area (Å²) >= 11 is 0. The fourth-order valence-corrected chi connectivity index (χ4v) is 1.86. The minimum atomic E-state index is -0.557. The first-order chi connectivity index (χ1) is 8.26. The van der Waals surface area contributed by atoms with Crippen molar-refractivity contribution in [2.45, 2.75) is 46.3 Å². The second-order valence-electron chi connectivity index (χ2n) is 5.78. The van der Waals surface area contributed by atoms with Crippen LogP contribution >= 0.6 is 0 Å². The van der Waals surface area contributed by atoms with Gasteiger partial charge in [-0.2, -0.15) is 0 Å². The van der Waals surface area contributed by atoms with E-state index in [2.05, 4.69) is 26.1 Å². The molecule has 0 aliphatic heterocycles. The van der Waals surface area contributed by atoms with Crippen molar-refractivity contribution in [2.75, 3.05) is 13.7 Å². The maximum atomic E-state index is 10.3. The number of rotatable bonds is 4. The molecule has 0 amide bonds. The zero-order valence-electron chi connectivity index (χ0n) is 12.3. The molecule has 3 nitrogen and oxygen atoms in total. The molecule has 18 heavy (non-hydrogen) atoms. The van der Waals surface area contributed by atoms with Crippen molar-refractivity contribution in [3.8, 4) is 5.75 Å². The zero-order chi connectivity index (χ0) is 13.9. The van der Waals surface area contributed by atoms with Gasteiger partial charge in [0.1, 0.15) is 5.75 Å². The molecule has 1 unspecified atom stereocenters. The van der Waals surface area contributed by atoms with E-state index in [0.717, 1.165) is 16.9 Å². The van der Waals surface area contributed by atoms with Crippen LogP contribution in [0.5, 0.6) is 5.75 Å². The van der Waals surface area contributed by atoms with Gasteiger partial charge in [-0.25, -0.2) is 0 Å². The summed E-state index contributed by atoms with van der Waals surface area (Å²) in [6.45, 7) is 10.8. The molecule has 0 aliphatic carbocycles. The van der Waals surface area contributed by atoms with Gasteiger partial charge >= 0.3 is 0 Å². The fraction of sp³-hybridized carbons (Fsp3) is 0.600. The molecule has 102 valence electrons. The second kappa shape index (κ2) is 5.72. The number of ether oxygens (including phenoxy) is 1. The van der Waals surface area contributed by atoms with Crippen LogP contribution in [0.15, 0.2) is 12.1 Å². The molecule has 0 aliphatic rings. The fourth-order valence-electron chi connectivity index (χ4n) is 1.86. The van der Waals surface area contributed by atoms with Crippen molar-refractivity contribution in [1.82, 2.24) is 5.32 Å². The Balaban J connectivity index is 2.92. The molecule has 2 N–H and O–H groups in total. The number of aryl methyl sites for hydroxylation is 1. The number of hydrogen-bond acceptors (Lipinski definition) is 3. The minimum Gasteiger partial charge on any atom is -0.496 e. The molecule has 0 fully saturated rings. The summed E-state index contributed by atoms with van der Waals surface area (Å²) in [5.74, 6) is 0.790. The molecule has 1 aromatic rings. The first-order valence-corrected chi connectivity index (χ1v) is 6.33. The van der Waals surface area contributed by atoms with Gasteiger partial charge in [-0.1, -0.05) is 12.1 Å². The quantitative estimate of drug-likeness (QED) is 0.864. The summed E-state index contributed by atoms with van der Waals surface area (Å²) in [5, 5.41) is 13.6. The van der Waals surface area contributed by atoms with E-state index in [1.54, 1.807) is 7.11 Å². The average molecular weight is 251 g/mol. The molecule has 1 atom stereocenters. The topological polar surface area (TPSA) is 41.5 Å². The predicted octanol–water partition coefficient (Wildman–Crippen LogP) is 2.73. The van der Waals surface area contributed by atoms with Gasteiger partial charge in [0, 0.05) is 17.6 Å². The molecule has 0 saturated heterocycles. The summed E-state index contributed by atoms with van der Waals surface area (Å²) in [5.41, 5.74) is 3.10. The van der Waals surface area contributed by atoms with Crippen LogP contribution in [-0.2, 0) is 0 Å². The Morgan fingerprint density at radius 2 is 1.89 bits per heavy atom. The lowest BCUT2D eigenvalue weighted by Crippen LogP contribution is -2.38. The normalized spacial score (nSPS) is 13.5. The van der Waals surface area contributed by atoms with Gasteiger partial charge in [-0.15, -0.1) is 0 Å². The van der Waals surface area contributed by atoms with Crippen molar-refractivity contribution in [1.29, 1.82) is 0 Å². The van der Waals surface area contributed by atoms with Crippen LogP contribution in [0.1, 0.15) is 43.6 Å². The van der Waals surface area contributed by atoms with Crippen LogP contribution in [0.25, 0.3) is 0 Å². The standard InChI is InChI=1S/C15H25NO2/c1-10-7-8-12(14(18-6)11(10)2)13(17)9-16-15(3,4)5/h7-8,13,16-17H,9H2,1-6H3. The number of methoxy groups -OCH3 is 1. The van der Waals surface area contributed by atoms with Crippen molar-refractivity contribution < 1.29 is 9.84 Å². The smallest absolute Gasteiger partial charge is 0.127 e. The van der Waals surface area contributed by atoms with Crippen LogP contribution in [-0.4, -0.2) is 24.3 Å². The molecule has 0 aromatic heterocycles. The van der Waals surface area contributed by atoms with E-state index in [-0.39, 0.29) is 5.54 Å². The molecule has 0 heterocycles. The van der Waals surface area contributed by atoms with Crippen LogP contribution in [0.3, 0.4) is 0 Å². The molecular formula is C15H25NO2. The summed E-state index contributed by atoms with van der Waals surface area (Å²) in [4.78, 5) is 0. The van der Waals surface area contributed by atoms with Crippen molar-refractivity contribution in [3.63, 3.8) is 0 Å². The van der Waals surface area contributed by atoms with Crippen LogP contribution in [0, 0.1) is 13.8 Å². The van der Waals surface area contributed by atoms with E-state index in [1.807, 2.05) is 26.0 Å². The van der Waals surface area contributed by atoms with Crippen molar-refractivity contribution in [3.05, 3.63) is 28.8 Å². The summed E-state index contributed by atoms with van der Waals surface area (Å²) in [7, 11) is 1.65. The summed E-state index contributed by atoms with van der Waals surface area (Å²) < 4.78 is 5.42. The van der Waals surface area contributed by atoms with E-state index in [9.17, 15) is 5.11 Å². The Morgan fingerprint density at radius 3 is 2.39 bits per heavy atom. The Labute approximate surface area is 110 Å². The highest BCUT2D eigenvalue weighted by atomic mass is 16.5. The van der Waals surface area contributed by atoms with Crippen LogP contribution in [0.4, 0.5) is 0 Å². The number of nitrogens with one attached hydrogen (secondary N) is 1. The molecular weight excluding hydrogens is 226 g/mol. The number of hydrogen-bond donors (Lipinski definition) is 2. The Hall–Kier alpha value is -1.06. The molecule has 0 radical (unpaired) electrons. The predicted molar refractivity (Wildman–Crippen MR) is 75.2 cm³/mol. The summed E-state index contributed by atoms with van der Waals surface area (Å²) in [6.07, 6.45) is -0.557. The highest BCUT2D eigenvalue weighted by Gasteiger charge is 2.18.